The van der Waals surface area contributed by atoms with Crippen molar-refractivity contribution in [3.05, 3.63) is 71.4 Å². The number of benzene rings is 2. The number of primary amides is 1. The lowest BCUT2D eigenvalue weighted by atomic mass is 10.1. The standard InChI is InChI=1S/C22H20N4O5/c23-22(30)25-18(11-13-12-24-17-8-4-3-5-14(13)17)21(29)31-10-9-26-19(27)15-6-1-2-7-16(15)20(26)28/h1-8,12,18,24H,9-11H2,(H3,23,25,30)/t18-/m1/s1. The number of para-hydroxylation sites is 1. The zero-order valence-corrected chi connectivity index (χ0v) is 16.5. The Bertz CT molecular complexity index is 1150. The largest absolute Gasteiger partial charge is 0.462 e. The molecule has 1 aromatic heterocycles. The first-order valence-electron chi connectivity index (χ1n) is 9.68. The number of hydrogen-bond acceptors (Lipinski definition) is 5. The van der Waals surface area contributed by atoms with Crippen LogP contribution >= 0.6 is 0 Å². The molecular formula is C22H20N4O5. The number of carbonyl (C=O) groups is 4. The Balaban J connectivity index is 1.40. The van der Waals surface area contributed by atoms with E-state index in [0.717, 1.165) is 21.4 Å². The van der Waals surface area contributed by atoms with Crippen LogP contribution in [0.15, 0.2) is 54.7 Å². The monoisotopic (exact) mass is 420 g/mol. The third-order valence-electron chi connectivity index (χ3n) is 5.14. The van der Waals surface area contributed by atoms with Gasteiger partial charge in [-0.25, -0.2) is 9.59 Å². The highest BCUT2D eigenvalue weighted by atomic mass is 16.5. The minimum atomic E-state index is -1.01. The molecule has 0 unspecified atom stereocenters. The van der Waals surface area contributed by atoms with Gasteiger partial charge in [0, 0.05) is 23.5 Å². The molecule has 4 rings (SSSR count). The Morgan fingerprint density at radius 3 is 2.35 bits per heavy atom. The average molecular weight is 420 g/mol. The van der Waals surface area contributed by atoms with E-state index < -0.39 is 29.9 Å². The fraction of sp³-hybridized carbons (Fsp3) is 0.182. The van der Waals surface area contributed by atoms with E-state index in [2.05, 4.69) is 10.3 Å². The summed E-state index contributed by atoms with van der Waals surface area (Å²) in [6.45, 7) is -0.288. The minimum Gasteiger partial charge on any atom is -0.462 e. The van der Waals surface area contributed by atoms with E-state index in [0.29, 0.717) is 11.1 Å². The molecule has 9 heteroatoms. The number of rotatable bonds is 7. The Morgan fingerprint density at radius 2 is 1.68 bits per heavy atom. The van der Waals surface area contributed by atoms with E-state index >= 15 is 0 Å². The topological polar surface area (TPSA) is 135 Å². The second kappa shape index (κ2) is 8.31. The normalized spacial score (nSPS) is 13.9. The maximum atomic E-state index is 12.6. The summed E-state index contributed by atoms with van der Waals surface area (Å²) in [6.07, 6.45) is 1.92. The molecule has 1 aliphatic heterocycles. The third-order valence-corrected chi connectivity index (χ3v) is 5.14. The quantitative estimate of drug-likeness (QED) is 0.394. The van der Waals surface area contributed by atoms with Gasteiger partial charge >= 0.3 is 12.0 Å². The molecule has 1 aliphatic rings. The Hall–Kier alpha value is -4.14. The molecule has 2 aromatic carbocycles. The number of carbonyl (C=O) groups excluding carboxylic acids is 4. The van der Waals surface area contributed by atoms with Gasteiger partial charge < -0.3 is 20.8 Å². The fourth-order valence-electron chi connectivity index (χ4n) is 3.67. The lowest BCUT2D eigenvalue weighted by Crippen LogP contribution is -2.46. The van der Waals surface area contributed by atoms with Crippen LogP contribution in [-0.2, 0) is 16.0 Å². The molecule has 0 bridgehead atoms. The van der Waals surface area contributed by atoms with Crippen LogP contribution in [0.4, 0.5) is 4.79 Å². The number of imide groups is 1. The SMILES string of the molecule is NC(=O)N[C@H](Cc1c[nH]c2ccccc12)C(=O)OCCN1C(=O)c2ccccc2C1=O. The van der Waals surface area contributed by atoms with Crippen LogP contribution in [0.2, 0.25) is 0 Å². The number of hydrogen-bond donors (Lipinski definition) is 3. The summed E-state index contributed by atoms with van der Waals surface area (Å²) >= 11 is 0. The van der Waals surface area contributed by atoms with Crippen LogP contribution in [-0.4, -0.2) is 52.9 Å². The van der Waals surface area contributed by atoms with E-state index in [-0.39, 0.29) is 19.6 Å². The molecule has 0 saturated heterocycles. The highest BCUT2D eigenvalue weighted by molar-refractivity contribution is 6.21. The maximum Gasteiger partial charge on any atom is 0.329 e. The number of esters is 1. The molecule has 0 saturated carbocycles. The van der Waals surface area contributed by atoms with Crippen molar-refractivity contribution in [3.63, 3.8) is 0 Å². The van der Waals surface area contributed by atoms with Gasteiger partial charge in [-0.3, -0.25) is 14.5 Å². The van der Waals surface area contributed by atoms with E-state index in [1.807, 2.05) is 24.3 Å². The van der Waals surface area contributed by atoms with Crippen LogP contribution in [0, 0.1) is 0 Å². The van der Waals surface area contributed by atoms with Gasteiger partial charge in [0.1, 0.15) is 12.6 Å². The van der Waals surface area contributed by atoms with Crippen molar-refractivity contribution in [1.82, 2.24) is 15.2 Å². The van der Waals surface area contributed by atoms with Gasteiger partial charge in [0.05, 0.1) is 17.7 Å². The Kier molecular flexibility index (Phi) is 5.40. The molecular weight excluding hydrogens is 400 g/mol. The molecule has 9 nitrogen and oxygen atoms in total. The number of urea groups is 1. The van der Waals surface area contributed by atoms with Crippen molar-refractivity contribution in [2.45, 2.75) is 12.5 Å². The van der Waals surface area contributed by atoms with Crippen LogP contribution < -0.4 is 11.1 Å². The van der Waals surface area contributed by atoms with E-state index in [4.69, 9.17) is 10.5 Å². The van der Waals surface area contributed by atoms with Gasteiger partial charge in [-0.15, -0.1) is 0 Å². The maximum absolute atomic E-state index is 12.6. The van der Waals surface area contributed by atoms with Gasteiger partial charge in [0.2, 0.25) is 0 Å². The number of amides is 4. The lowest BCUT2D eigenvalue weighted by Gasteiger charge is -2.18. The number of nitrogens with one attached hydrogen (secondary N) is 2. The highest BCUT2D eigenvalue weighted by Crippen LogP contribution is 2.22. The van der Waals surface area contributed by atoms with Gasteiger partial charge in [-0.1, -0.05) is 30.3 Å². The van der Waals surface area contributed by atoms with Crippen LogP contribution in [0.1, 0.15) is 26.3 Å². The smallest absolute Gasteiger partial charge is 0.329 e. The number of nitrogens with two attached hydrogens (primary N) is 1. The molecule has 0 aliphatic carbocycles. The molecule has 0 fully saturated rings. The molecule has 158 valence electrons. The summed E-state index contributed by atoms with van der Waals surface area (Å²) in [7, 11) is 0. The molecule has 4 amide bonds. The van der Waals surface area contributed by atoms with Crippen molar-refractivity contribution in [2.24, 2.45) is 5.73 Å². The van der Waals surface area contributed by atoms with Crippen LogP contribution in [0.5, 0.6) is 0 Å². The van der Waals surface area contributed by atoms with Crippen molar-refractivity contribution in [3.8, 4) is 0 Å². The zero-order chi connectivity index (χ0) is 22.0. The molecule has 1 atom stereocenters. The van der Waals surface area contributed by atoms with E-state index in [1.54, 1.807) is 30.5 Å². The number of ether oxygens (including phenoxy) is 1. The van der Waals surface area contributed by atoms with Gasteiger partial charge in [-0.05, 0) is 23.8 Å². The number of aromatic nitrogens is 1. The fourth-order valence-corrected chi connectivity index (χ4v) is 3.67. The lowest BCUT2D eigenvalue weighted by molar-refractivity contribution is -0.146. The van der Waals surface area contributed by atoms with E-state index in [9.17, 15) is 19.2 Å². The molecule has 0 spiro atoms. The summed E-state index contributed by atoms with van der Waals surface area (Å²) in [5.41, 5.74) is 7.58. The number of nitrogens with zero attached hydrogens (tertiary/aromatic N) is 1. The summed E-state index contributed by atoms with van der Waals surface area (Å²) in [4.78, 5) is 52.9. The van der Waals surface area contributed by atoms with Crippen molar-refractivity contribution in [1.29, 1.82) is 0 Å². The first kappa shape index (κ1) is 20.1. The average Bonchev–Trinajstić information content (AvgIpc) is 3.27. The Labute approximate surface area is 177 Å². The van der Waals surface area contributed by atoms with Crippen LogP contribution in [0.25, 0.3) is 10.9 Å². The second-order valence-electron chi connectivity index (χ2n) is 7.10. The van der Waals surface area contributed by atoms with Gasteiger partial charge in [0.25, 0.3) is 11.8 Å². The van der Waals surface area contributed by atoms with Crippen molar-refractivity contribution >= 4 is 34.7 Å². The number of fused-ring (bicyclic) bond motifs is 2. The van der Waals surface area contributed by atoms with Crippen LogP contribution in [0.3, 0.4) is 0 Å². The van der Waals surface area contributed by atoms with Gasteiger partial charge in [0.15, 0.2) is 0 Å². The van der Waals surface area contributed by atoms with Crippen molar-refractivity contribution in [2.75, 3.05) is 13.2 Å². The summed E-state index contributed by atoms with van der Waals surface area (Å²) in [5.74, 6) is -1.56. The molecule has 2 heterocycles. The minimum absolute atomic E-state index is 0.0888. The molecule has 31 heavy (non-hydrogen) atoms. The molecule has 4 N–H and O–H groups in total. The molecule has 0 radical (unpaired) electrons. The first-order chi connectivity index (χ1) is 15.0. The Morgan fingerprint density at radius 1 is 1.03 bits per heavy atom. The second-order valence-corrected chi connectivity index (χ2v) is 7.10. The predicted octanol–water partition coefficient (Wildman–Crippen LogP) is 1.59. The zero-order valence-electron chi connectivity index (χ0n) is 16.5. The highest BCUT2D eigenvalue weighted by Gasteiger charge is 2.35. The predicted molar refractivity (Wildman–Crippen MR) is 111 cm³/mol. The summed E-state index contributed by atoms with van der Waals surface area (Å²) in [5, 5.41) is 3.31. The van der Waals surface area contributed by atoms with Crippen molar-refractivity contribution < 1.29 is 23.9 Å². The number of aromatic amines is 1. The van der Waals surface area contributed by atoms with E-state index in [1.165, 1.54) is 0 Å². The third kappa shape index (κ3) is 3.97. The van der Waals surface area contributed by atoms with Gasteiger partial charge in [-0.2, -0.15) is 0 Å². The number of H-pyrrole nitrogens is 1. The molecule has 3 aromatic rings. The summed E-state index contributed by atoms with van der Waals surface area (Å²) < 4.78 is 5.26. The summed E-state index contributed by atoms with van der Waals surface area (Å²) in [6, 6.07) is 12.2. The first-order valence-corrected chi connectivity index (χ1v) is 9.68.